The van der Waals surface area contributed by atoms with Crippen LogP contribution in [0.1, 0.15) is 38.8 Å². The molecule has 0 bridgehead atoms. The molecule has 0 spiro atoms. The third-order valence-electron chi connectivity index (χ3n) is 4.76. The summed E-state index contributed by atoms with van der Waals surface area (Å²) in [5.74, 6) is -2.14. The molecule has 6 nitrogen and oxygen atoms in total. The van der Waals surface area contributed by atoms with Crippen molar-refractivity contribution >= 4 is 29.1 Å². The van der Waals surface area contributed by atoms with E-state index in [9.17, 15) is 19.8 Å². The van der Waals surface area contributed by atoms with E-state index in [1.54, 1.807) is 97.1 Å². The fraction of sp³-hybridized carbons (Fsp3) is 0.0312. The molecular weight excluding hydrogens is 581 g/mol. The Hall–Kier alpha value is -4.61. The van der Waals surface area contributed by atoms with Crippen molar-refractivity contribution in [1.29, 1.82) is 0 Å². The number of carbonyl (C=O) groups is 3. The van der Waals surface area contributed by atoms with E-state index in [0.29, 0.717) is 22.3 Å². The van der Waals surface area contributed by atoms with Gasteiger partial charge in [0.25, 0.3) is 0 Å². The summed E-state index contributed by atoms with van der Waals surface area (Å²) >= 11 is 0. The summed E-state index contributed by atoms with van der Waals surface area (Å²) in [7, 11) is 0. The molecule has 0 aliphatic heterocycles. The van der Waals surface area contributed by atoms with Crippen LogP contribution in [-0.2, 0) is 24.3 Å². The molecule has 0 aromatic heterocycles. The number of benzene rings is 4. The van der Waals surface area contributed by atoms with Crippen LogP contribution in [0, 0.1) is 0 Å². The van der Waals surface area contributed by atoms with Crippen LogP contribution in [-0.4, -0.2) is 17.5 Å². The molecule has 7 heteroatoms. The SMILES string of the molecule is CC(=O)[O-].O=C(/C=C(\[O-])c1ccccc1)c1ccccc1.O=C(/C=C(\[O-])c1ccccc1)c1ccccc1.[Ru+3]. The van der Waals surface area contributed by atoms with Crippen molar-refractivity contribution < 1.29 is 49.2 Å². The molecule has 0 heterocycles. The maximum absolute atomic E-state index is 11.8. The van der Waals surface area contributed by atoms with Gasteiger partial charge in [0.2, 0.25) is 0 Å². The van der Waals surface area contributed by atoms with Crippen molar-refractivity contribution in [3.63, 3.8) is 0 Å². The Balaban J connectivity index is 0.000000336. The van der Waals surface area contributed by atoms with Crippen LogP contribution in [0.5, 0.6) is 0 Å². The fourth-order valence-electron chi connectivity index (χ4n) is 2.98. The van der Waals surface area contributed by atoms with Crippen LogP contribution in [0.25, 0.3) is 11.5 Å². The quantitative estimate of drug-likeness (QED) is 0.144. The Bertz CT molecular complexity index is 1260. The van der Waals surface area contributed by atoms with Crippen LogP contribution < -0.4 is 15.3 Å². The molecule has 1 radical (unpaired) electrons. The summed E-state index contributed by atoms with van der Waals surface area (Å²) in [6.45, 7) is 0.972. The summed E-state index contributed by atoms with van der Waals surface area (Å²) in [4.78, 5) is 32.4. The third kappa shape index (κ3) is 12.5. The number of rotatable bonds is 6. The predicted molar refractivity (Wildman–Crippen MR) is 141 cm³/mol. The van der Waals surface area contributed by atoms with Crippen molar-refractivity contribution in [2.24, 2.45) is 0 Å². The second-order valence-electron chi connectivity index (χ2n) is 7.70. The topological polar surface area (TPSA) is 120 Å². The van der Waals surface area contributed by atoms with Gasteiger partial charge < -0.3 is 20.1 Å². The van der Waals surface area contributed by atoms with Gasteiger partial charge in [0.1, 0.15) is 0 Å². The van der Waals surface area contributed by atoms with E-state index in [0.717, 1.165) is 19.1 Å². The van der Waals surface area contributed by atoms with Gasteiger partial charge in [-0.15, -0.1) is 0 Å². The summed E-state index contributed by atoms with van der Waals surface area (Å²) in [6, 6.07) is 35.0. The standard InChI is InChI=1S/2C15H12O2.C2H4O2.Ru/c2*16-14(12-7-3-1-4-8-12)11-15(17)13-9-5-2-6-10-13;1-2(3)4;/h2*1-11,16H;1H3,(H,3,4);/q;;;+3/p-3/b2*14-11-;;. The summed E-state index contributed by atoms with van der Waals surface area (Å²) in [5.41, 5.74) is 2.10. The first kappa shape index (κ1) is 32.4. The van der Waals surface area contributed by atoms with Gasteiger partial charge in [-0.1, -0.05) is 133 Å². The monoisotopic (exact) mass is 607 g/mol. The number of carboxylic acid groups (broad SMARTS) is 1. The first-order valence-electron chi connectivity index (χ1n) is 11.5. The molecule has 197 valence electrons. The maximum atomic E-state index is 11.8. The van der Waals surface area contributed by atoms with Crippen molar-refractivity contribution in [2.45, 2.75) is 6.92 Å². The van der Waals surface area contributed by atoms with Gasteiger partial charge in [0.05, 0.1) is 0 Å². The van der Waals surface area contributed by atoms with Crippen molar-refractivity contribution in [2.75, 3.05) is 0 Å². The van der Waals surface area contributed by atoms with Crippen LogP contribution in [0.3, 0.4) is 0 Å². The summed E-state index contributed by atoms with van der Waals surface area (Å²) in [6.07, 6.45) is 2.26. The molecule has 4 aromatic rings. The van der Waals surface area contributed by atoms with E-state index in [1.165, 1.54) is 0 Å². The van der Waals surface area contributed by atoms with Gasteiger partial charge in [-0.25, -0.2) is 0 Å². The molecule has 39 heavy (non-hydrogen) atoms. The van der Waals surface area contributed by atoms with Crippen LogP contribution in [0.4, 0.5) is 0 Å². The number of carboxylic acids is 1. The van der Waals surface area contributed by atoms with Crippen LogP contribution in [0.15, 0.2) is 133 Å². The molecule has 0 fully saturated rings. The molecule has 0 aliphatic rings. The van der Waals surface area contributed by atoms with E-state index in [-0.39, 0.29) is 42.6 Å². The van der Waals surface area contributed by atoms with E-state index in [1.807, 2.05) is 24.3 Å². The molecule has 0 atom stereocenters. The molecule has 4 rings (SSSR count). The maximum Gasteiger partial charge on any atom is 3.00 e. The van der Waals surface area contributed by atoms with Gasteiger partial charge in [-0.05, 0) is 30.2 Å². The van der Waals surface area contributed by atoms with Gasteiger partial charge in [0, 0.05) is 17.1 Å². The normalized spacial score (nSPS) is 10.4. The van der Waals surface area contributed by atoms with Gasteiger partial charge in [-0.3, -0.25) is 9.59 Å². The van der Waals surface area contributed by atoms with E-state index in [4.69, 9.17) is 9.90 Å². The fourth-order valence-corrected chi connectivity index (χ4v) is 2.98. The largest absolute Gasteiger partial charge is 3.00 e. The molecule has 4 aromatic carbocycles. The first-order chi connectivity index (χ1) is 18.3. The third-order valence-corrected chi connectivity index (χ3v) is 4.76. The zero-order valence-electron chi connectivity index (χ0n) is 21.0. The number of hydrogen-bond donors (Lipinski definition) is 0. The van der Waals surface area contributed by atoms with Gasteiger partial charge in [-0.2, -0.15) is 0 Å². The molecule has 0 amide bonds. The molecule has 0 N–H and O–H groups in total. The zero-order chi connectivity index (χ0) is 27.8. The number of hydrogen-bond acceptors (Lipinski definition) is 6. The Morgan fingerprint density at radius 3 is 0.897 bits per heavy atom. The minimum atomic E-state index is -1.08. The number of aliphatic carboxylic acids is 1. The molecule has 0 saturated carbocycles. The minimum Gasteiger partial charge on any atom is -0.872 e. The number of allylic oxidation sites excluding steroid dienone is 2. The smallest absolute Gasteiger partial charge is 0.872 e. The molecule has 0 aliphatic carbocycles. The number of ketones is 2. The Morgan fingerprint density at radius 2 is 0.667 bits per heavy atom. The number of carbonyl (C=O) groups excluding carboxylic acids is 3. The van der Waals surface area contributed by atoms with Crippen LogP contribution >= 0.6 is 0 Å². The van der Waals surface area contributed by atoms with Crippen molar-refractivity contribution in [3.8, 4) is 0 Å². The zero-order valence-corrected chi connectivity index (χ0v) is 22.7. The van der Waals surface area contributed by atoms with E-state index in [2.05, 4.69) is 0 Å². The van der Waals surface area contributed by atoms with Crippen molar-refractivity contribution in [1.82, 2.24) is 0 Å². The predicted octanol–water partition coefficient (Wildman–Crippen LogP) is 3.30. The van der Waals surface area contributed by atoms with E-state index >= 15 is 0 Å². The summed E-state index contributed by atoms with van der Waals surface area (Å²) < 4.78 is 0. The average molecular weight is 607 g/mol. The second kappa shape index (κ2) is 17.8. The Labute approximate surface area is 240 Å². The van der Waals surface area contributed by atoms with Gasteiger partial charge >= 0.3 is 19.5 Å². The molecule has 0 unspecified atom stereocenters. The first-order valence-corrected chi connectivity index (χ1v) is 11.5. The molecular formula is C32H25O6Ru. The van der Waals surface area contributed by atoms with Crippen LogP contribution in [0.2, 0.25) is 0 Å². The van der Waals surface area contributed by atoms with Gasteiger partial charge in [0.15, 0.2) is 11.6 Å². The Kier molecular flexibility index (Phi) is 14.8. The second-order valence-corrected chi connectivity index (χ2v) is 7.70. The van der Waals surface area contributed by atoms with Crippen molar-refractivity contribution in [3.05, 3.63) is 156 Å². The Morgan fingerprint density at radius 1 is 0.462 bits per heavy atom. The average Bonchev–Trinajstić information content (AvgIpc) is 2.95. The minimum absolute atomic E-state index is 0. The van der Waals surface area contributed by atoms with E-state index < -0.39 is 5.97 Å². The molecule has 0 saturated heterocycles. The summed E-state index contributed by atoms with van der Waals surface area (Å²) in [5, 5.41) is 32.4.